The number of hydrogen-bond acceptors (Lipinski definition) is 3. The minimum Gasteiger partial charge on any atom is -0.508 e. The molecule has 0 spiro atoms. The van der Waals surface area contributed by atoms with E-state index in [2.05, 4.69) is 31.9 Å². The van der Waals surface area contributed by atoms with Crippen LogP contribution in [0.4, 0.5) is 0 Å². The van der Waals surface area contributed by atoms with Crippen LogP contribution >= 0.6 is 31.9 Å². The first-order valence-corrected chi connectivity index (χ1v) is 5.08. The molecule has 6 heteroatoms. The largest absolute Gasteiger partial charge is 0.508 e. The number of phenolic OH excluding ortho intramolecular Hbond substituents is 2. The highest BCUT2D eigenvalue weighted by molar-refractivity contribution is 9.25. The molecule has 0 aromatic heterocycles. The fourth-order valence-corrected chi connectivity index (χ4v) is 1.53. The van der Waals surface area contributed by atoms with Crippen molar-refractivity contribution in [3.63, 3.8) is 0 Å². The summed E-state index contributed by atoms with van der Waals surface area (Å²) in [6.45, 7) is 0. The first-order chi connectivity index (χ1) is 6.35. The van der Waals surface area contributed by atoms with Crippen LogP contribution in [0.1, 0.15) is 5.56 Å². The van der Waals surface area contributed by atoms with Gasteiger partial charge in [-0.2, -0.15) is 0 Å². The second kappa shape index (κ2) is 3.78. The van der Waals surface area contributed by atoms with Crippen molar-refractivity contribution < 1.29 is 20.1 Å². The zero-order valence-electron chi connectivity index (χ0n) is 6.74. The van der Waals surface area contributed by atoms with E-state index >= 15 is 0 Å². The number of alkyl halides is 2. The summed E-state index contributed by atoms with van der Waals surface area (Å²) in [5.41, 5.74) is 0.0324. The van der Waals surface area contributed by atoms with E-state index in [0.717, 1.165) is 6.07 Å². The number of carboxylic acids is 1. The van der Waals surface area contributed by atoms with E-state index < -0.39 is 9.20 Å². The highest BCUT2D eigenvalue weighted by Crippen LogP contribution is 2.43. The number of carboxylic acid groups (broad SMARTS) is 1. The van der Waals surface area contributed by atoms with Crippen molar-refractivity contribution in [1.29, 1.82) is 0 Å². The molecule has 0 amide bonds. The van der Waals surface area contributed by atoms with Gasteiger partial charge in [-0.1, -0.05) is 31.9 Å². The van der Waals surface area contributed by atoms with Crippen molar-refractivity contribution >= 4 is 37.8 Å². The summed E-state index contributed by atoms with van der Waals surface area (Å²) in [6.07, 6.45) is 0. The number of aliphatic carboxylic acids is 1. The molecular formula is C8H6Br2O4. The zero-order chi connectivity index (χ0) is 10.9. The van der Waals surface area contributed by atoms with Gasteiger partial charge in [0.1, 0.15) is 11.5 Å². The number of rotatable bonds is 2. The highest BCUT2D eigenvalue weighted by Gasteiger charge is 2.37. The standard InChI is InChI=1S/C8H6Br2O4/c9-8(10,7(13)14)5-3-4(11)1-2-6(5)12/h1-3,11-12H,(H,13,14). The van der Waals surface area contributed by atoms with E-state index in [4.69, 9.17) is 10.2 Å². The van der Waals surface area contributed by atoms with Gasteiger partial charge < -0.3 is 15.3 Å². The third-order valence-electron chi connectivity index (χ3n) is 1.59. The minimum absolute atomic E-state index is 0.0324. The van der Waals surface area contributed by atoms with E-state index in [-0.39, 0.29) is 17.1 Å². The monoisotopic (exact) mass is 324 g/mol. The van der Waals surface area contributed by atoms with Gasteiger partial charge in [0.25, 0.3) is 0 Å². The van der Waals surface area contributed by atoms with Crippen molar-refractivity contribution in [2.75, 3.05) is 0 Å². The summed E-state index contributed by atoms with van der Waals surface area (Å²) in [7, 11) is 0. The number of halogens is 2. The van der Waals surface area contributed by atoms with E-state index in [1.54, 1.807) is 0 Å². The summed E-state index contributed by atoms with van der Waals surface area (Å²) < 4.78 is -1.59. The zero-order valence-corrected chi connectivity index (χ0v) is 9.91. The molecule has 4 nitrogen and oxygen atoms in total. The van der Waals surface area contributed by atoms with Gasteiger partial charge in [0.05, 0.1) is 0 Å². The molecule has 0 aliphatic heterocycles. The van der Waals surface area contributed by atoms with Gasteiger partial charge in [-0.25, -0.2) is 4.79 Å². The number of aromatic hydroxyl groups is 2. The van der Waals surface area contributed by atoms with Crippen LogP contribution in [-0.4, -0.2) is 21.3 Å². The van der Waals surface area contributed by atoms with Gasteiger partial charge in [0, 0.05) is 5.56 Å². The second-order valence-corrected chi connectivity index (χ2v) is 6.02. The lowest BCUT2D eigenvalue weighted by atomic mass is 10.1. The molecule has 0 unspecified atom stereocenters. The van der Waals surface area contributed by atoms with Crippen LogP contribution in [0.2, 0.25) is 0 Å². The first kappa shape index (κ1) is 11.3. The number of phenols is 2. The van der Waals surface area contributed by atoms with Crippen LogP contribution in [0.25, 0.3) is 0 Å². The Morgan fingerprint density at radius 3 is 2.36 bits per heavy atom. The van der Waals surface area contributed by atoms with Crippen molar-refractivity contribution in [3.05, 3.63) is 23.8 Å². The predicted octanol–water partition coefficient (Wildman–Crippen LogP) is 2.12. The molecule has 14 heavy (non-hydrogen) atoms. The highest BCUT2D eigenvalue weighted by atomic mass is 79.9. The van der Waals surface area contributed by atoms with Gasteiger partial charge in [0.15, 0.2) is 0 Å². The molecule has 1 aromatic carbocycles. The third kappa shape index (κ3) is 2.01. The maximum absolute atomic E-state index is 10.8. The fourth-order valence-electron chi connectivity index (χ4n) is 0.891. The molecule has 1 rings (SSSR count). The predicted molar refractivity (Wildman–Crippen MR) is 56.9 cm³/mol. The number of carbonyl (C=O) groups is 1. The van der Waals surface area contributed by atoms with Gasteiger partial charge in [-0.3, -0.25) is 0 Å². The van der Waals surface area contributed by atoms with Crippen LogP contribution in [-0.2, 0) is 8.03 Å². The van der Waals surface area contributed by atoms with Crippen molar-refractivity contribution in [1.82, 2.24) is 0 Å². The lowest BCUT2D eigenvalue weighted by Crippen LogP contribution is -2.21. The molecular weight excluding hydrogens is 320 g/mol. The molecule has 0 aliphatic carbocycles. The van der Waals surface area contributed by atoms with Gasteiger partial charge in [0.2, 0.25) is 3.23 Å². The Hall–Kier alpha value is -0.750. The van der Waals surface area contributed by atoms with Crippen LogP contribution < -0.4 is 0 Å². The lowest BCUT2D eigenvalue weighted by Gasteiger charge is -2.16. The van der Waals surface area contributed by atoms with E-state index in [1.165, 1.54) is 12.1 Å². The Bertz CT molecular complexity index is 376. The molecule has 0 aliphatic rings. The van der Waals surface area contributed by atoms with Crippen LogP contribution in [0.5, 0.6) is 11.5 Å². The summed E-state index contributed by atoms with van der Waals surface area (Å²) in [5.74, 6) is -1.57. The minimum atomic E-state index is -1.59. The Morgan fingerprint density at radius 1 is 1.29 bits per heavy atom. The summed E-state index contributed by atoms with van der Waals surface area (Å²) in [6, 6.07) is 3.63. The molecule has 0 bridgehead atoms. The molecule has 3 N–H and O–H groups in total. The summed E-state index contributed by atoms with van der Waals surface area (Å²) in [4.78, 5) is 10.8. The van der Waals surface area contributed by atoms with Crippen LogP contribution in [0.15, 0.2) is 18.2 Å². The van der Waals surface area contributed by atoms with Crippen molar-refractivity contribution in [2.45, 2.75) is 3.23 Å². The second-order valence-electron chi connectivity index (χ2n) is 2.58. The summed E-state index contributed by atoms with van der Waals surface area (Å²) >= 11 is 5.77. The SMILES string of the molecule is O=C(O)C(Br)(Br)c1cc(O)ccc1O. The molecule has 0 fully saturated rings. The Morgan fingerprint density at radius 2 is 1.86 bits per heavy atom. The molecule has 0 saturated carbocycles. The van der Waals surface area contributed by atoms with Gasteiger partial charge in [-0.15, -0.1) is 0 Å². The van der Waals surface area contributed by atoms with Crippen LogP contribution in [0, 0.1) is 0 Å². The maximum Gasteiger partial charge on any atom is 0.336 e. The number of hydrogen-bond donors (Lipinski definition) is 3. The van der Waals surface area contributed by atoms with Gasteiger partial charge in [-0.05, 0) is 18.2 Å². The Labute approximate surface area is 96.4 Å². The van der Waals surface area contributed by atoms with Crippen LogP contribution in [0.3, 0.4) is 0 Å². The average Bonchev–Trinajstić information content (AvgIpc) is 2.08. The quantitative estimate of drug-likeness (QED) is 0.575. The molecule has 0 saturated heterocycles. The van der Waals surface area contributed by atoms with Crippen molar-refractivity contribution in [2.24, 2.45) is 0 Å². The van der Waals surface area contributed by atoms with Gasteiger partial charge >= 0.3 is 5.97 Å². The molecule has 0 heterocycles. The molecule has 0 radical (unpaired) electrons. The Balaban J connectivity index is 3.31. The van der Waals surface area contributed by atoms with E-state index in [9.17, 15) is 9.90 Å². The van der Waals surface area contributed by atoms with E-state index in [1.807, 2.05) is 0 Å². The number of benzene rings is 1. The fraction of sp³-hybridized carbons (Fsp3) is 0.125. The third-order valence-corrected chi connectivity index (χ3v) is 3.12. The average molecular weight is 326 g/mol. The normalized spacial score (nSPS) is 11.3. The topological polar surface area (TPSA) is 77.8 Å². The smallest absolute Gasteiger partial charge is 0.336 e. The van der Waals surface area contributed by atoms with E-state index in [0.29, 0.717) is 0 Å². The lowest BCUT2D eigenvalue weighted by molar-refractivity contribution is -0.137. The molecule has 1 aromatic rings. The molecule has 76 valence electrons. The summed E-state index contributed by atoms with van der Waals surface area (Å²) in [5, 5.41) is 27.3. The van der Waals surface area contributed by atoms with Crippen molar-refractivity contribution in [3.8, 4) is 11.5 Å². The Kier molecular flexibility index (Phi) is 3.06. The first-order valence-electron chi connectivity index (χ1n) is 3.49. The maximum atomic E-state index is 10.8. The molecule has 0 atom stereocenters.